The number of nitrogens with zero attached hydrogens (tertiary/aromatic N) is 4. The van der Waals surface area contributed by atoms with Crippen LogP contribution < -0.4 is 0 Å². The van der Waals surface area contributed by atoms with Gasteiger partial charge in [-0.05, 0) is 55.5 Å². The number of aromatic nitrogens is 3. The minimum Gasteiger partial charge on any atom is -0.339 e. The molecule has 0 aliphatic carbocycles. The van der Waals surface area contributed by atoms with Crippen molar-refractivity contribution < 1.29 is 13.7 Å². The smallest absolute Gasteiger partial charge is 0.227 e. The number of hydrogen-bond acceptors (Lipinski definition) is 5. The molecule has 150 valence electrons. The summed E-state index contributed by atoms with van der Waals surface area (Å²) in [5.41, 5.74) is 3.00. The standard InChI is InChI=1S/C22H23FN4O2/c1-15-25-21(29-26-15)10-11-22(28)27-12-2-3-20(27)19-9-6-17(14-24-19)13-16-4-7-18(23)8-5-16/h4-9,14,20H,2-3,10-13H2,1H3. The van der Waals surface area contributed by atoms with Gasteiger partial charge in [-0.15, -0.1) is 0 Å². The van der Waals surface area contributed by atoms with Gasteiger partial charge in [0.25, 0.3) is 0 Å². The van der Waals surface area contributed by atoms with Crippen molar-refractivity contribution in [1.29, 1.82) is 0 Å². The molecular formula is C22H23FN4O2. The predicted octanol–water partition coefficient (Wildman–Crippen LogP) is 3.80. The number of amides is 1. The van der Waals surface area contributed by atoms with Gasteiger partial charge in [0.05, 0.1) is 11.7 Å². The highest BCUT2D eigenvalue weighted by atomic mass is 19.1. The molecule has 6 nitrogen and oxygen atoms in total. The highest BCUT2D eigenvalue weighted by molar-refractivity contribution is 5.77. The largest absolute Gasteiger partial charge is 0.339 e. The maximum atomic E-state index is 13.0. The summed E-state index contributed by atoms with van der Waals surface area (Å²) < 4.78 is 18.1. The van der Waals surface area contributed by atoms with E-state index in [0.717, 1.165) is 36.2 Å². The van der Waals surface area contributed by atoms with E-state index in [0.29, 0.717) is 31.0 Å². The van der Waals surface area contributed by atoms with Crippen LogP contribution in [-0.2, 0) is 17.6 Å². The maximum absolute atomic E-state index is 13.0. The molecule has 1 aliphatic heterocycles. The van der Waals surface area contributed by atoms with Crippen LogP contribution in [0.1, 0.15) is 53.8 Å². The second-order valence-corrected chi connectivity index (χ2v) is 7.38. The lowest BCUT2D eigenvalue weighted by atomic mass is 10.0. The van der Waals surface area contributed by atoms with Crippen molar-refractivity contribution in [2.45, 2.75) is 45.1 Å². The Bertz CT molecular complexity index is 969. The van der Waals surface area contributed by atoms with Gasteiger partial charge in [0, 0.05) is 25.6 Å². The first kappa shape index (κ1) is 19.2. The van der Waals surface area contributed by atoms with E-state index in [1.807, 2.05) is 23.2 Å². The average molecular weight is 394 g/mol. The predicted molar refractivity (Wildman–Crippen MR) is 104 cm³/mol. The van der Waals surface area contributed by atoms with Gasteiger partial charge in [-0.1, -0.05) is 23.4 Å². The first-order valence-corrected chi connectivity index (χ1v) is 9.86. The monoisotopic (exact) mass is 394 g/mol. The molecule has 0 spiro atoms. The number of aryl methyl sites for hydroxylation is 2. The minimum absolute atomic E-state index is 0.00629. The Morgan fingerprint density at radius 1 is 1.21 bits per heavy atom. The van der Waals surface area contributed by atoms with E-state index in [1.54, 1.807) is 19.1 Å². The van der Waals surface area contributed by atoms with Gasteiger partial charge in [-0.25, -0.2) is 4.39 Å². The number of carbonyl (C=O) groups excluding carboxylic acids is 1. The molecule has 0 radical (unpaired) electrons. The summed E-state index contributed by atoms with van der Waals surface area (Å²) in [4.78, 5) is 23.4. The molecule has 3 aromatic rings. The summed E-state index contributed by atoms with van der Waals surface area (Å²) in [7, 11) is 0. The lowest BCUT2D eigenvalue weighted by Crippen LogP contribution is -2.31. The second-order valence-electron chi connectivity index (χ2n) is 7.38. The van der Waals surface area contributed by atoms with Crippen LogP contribution in [0.5, 0.6) is 0 Å². The molecular weight excluding hydrogens is 371 g/mol. The SMILES string of the molecule is Cc1noc(CCC(=O)N2CCCC2c2ccc(Cc3ccc(F)cc3)cn2)n1. The number of carbonyl (C=O) groups is 1. The summed E-state index contributed by atoms with van der Waals surface area (Å²) in [6.45, 7) is 2.50. The van der Waals surface area contributed by atoms with Crippen LogP contribution in [0.15, 0.2) is 47.1 Å². The third kappa shape index (κ3) is 4.67. The van der Waals surface area contributed by atoms with Gasteiger partial charge in [-0.2, -0.15) is 4.98 Å². The van der Waals surface area contributed by atoms with Gasteiger partial charge in [0.2, 0.25) is 11.8 Å². The maximum Gasteiger partial charge on any atom is 0.227 e. The van der Waals surface area contributed by atoms with Crippen molar-refractivity contribution >= 4 is 5.91 Å². The Kier molecular flexibility index (Phi) is 5.64. The molecule has 7 heteroatoms. The molecule has 3 heterocycles. The van der Waals surface area contributed by atoms with Gasteiger partial charge in [0.15, 0.2) is 5.82 Å². The fraction of sp³-hybridized carbons (Fsp3) is 0.364. The molecule has 29 heavy (non-hydrogen) atoms. The Morgan fingerprint density at radius 2 is 2.00 bits per heavy atom. The van der Waals surface area contributed by atoms with Crippen molar-refractivity contribution in [3.05, 3.63) is 76.9 Å². The minimum atomic E-state index is -0.234. The molecule has 0 N–H and O–H groups in total. The third-order valence-corrected chi connectivity index (χ3v) is 5.21. The number of benzene rings is 1. The van der Waals surface area contributed by atoms with Gasteiger partial charge in [-0.3, -0.25) is 9.78 Å². The van der Waals surface area contributed by atoms with E-state index in [9.17, 15) is 9.18 Å². The first-order valence-electron chi connectivity index (χ1n) is 9.86. The Morgan fingerprint density at radius 3 is 2.69 bits per heavy atom. The topological polar surface area (TPSA) is 72.1 Å². The zero-order valence-electron chi connectivity index (χ0n) is 16.3. The Labute approximate surface area is 168 Å². The molecule has 1 amide bonds. The molecule has 1 saturated heterocycles. The number of pyridine rings is 1. The number of hydrogen-bond donors (Lipinski definition) is 0. The highest BCUT2D eigenvalue weighted by Crippen LogP contribution is 2.31. The Balaban J connectivity index is 1.38. The first-order chi connectivity index (χ1) is 14.1. The van der Waals surface area contributed by atoms with Crippen LogP contribution in [0.2, 0.25) is 0 Å². The molecule has 1 atom stereocenters. The van der Waals surface area contributed by atoms with Crippen LogP contribution in [0.4, 0.5) is 4.39 Å². The molecule has 1 fully saturated rings. The van der Waals surface area contributed by atoms with Gasteiger partial charge >= 0.3 is 0 Å². The molecule has 2 aromatic heterocycles. The van der Waals surface area contributed by atoms with E-state index < -0.39 is 0 Å². The van der Waals surface area contributed by atoms with E-state index in [-0.39, 0.29) is 17.8 Å². The van der Waals surface area contributed by atoms with Crippen LogP contribution in [-0.4, -0.2) is 32.5 Å². The summed E-state index contributed by atoms with van der Waals surface area (Å²) in [5.74, 6) is 0.925. The summed E-state index contributed by atoms with van der Waals surface area (Å²) in [6.07, 6.45) is 5.23. The van der Waals surface area contributed by atoms with Crippen LogP contribution in [0.3, 0.4) is 0 Å². The lowest BCUT2D eigenvalue weighted by molar-refractivity contribution is -0.132. The van der Waals surface area contributed by atoms with Crippen molar-refractivity contribution in [2.24, 2.45) is 0 Å². The highest BCUT2D eigenvalue weighted by Gasteiger charge is 2.30. The summed E-state index contributed by atoms with van der Waals surface area (Å²) >= 11 is 0. The zero-order chi connectivity index (χ0) is 20.2. The van der Waals surface area contributed by atoms with Crippen molar-refractivity contribution in [3.63, 3.8) is 0 Å². The number of halogens is 1. The molecule has 0 saturated carbocycles. The third-order valence-electron chi connectivity index (χ3n) is 5.21. The van der Waals surface area contributed by atoms with Crippen LogP contribution in [0, 0.1) is 12.7 Å². The van der Waals surface area contributed by atoms with Crippen molar-refractivity contribution in [3.8, 4) is 0 Å². The van der Waals surface area contributed by atoms with Crippen LogP contribution >= 0.6 is 0 Å². The number of rotatable bonds is 6. The van der Waals surface area contributed by atoms with E-state index in [1.165, 1.54) is 12.1 Å². The molecule has 1 unspecified atom stereocenters. The fourth-order valence-electron chi connectivity index (χ4n) is 3.75. The molecule has 1 aliphatic rings. The van der Waals surface area contributed by atoms with E-state index >= 15 is 0 Å². The molecule has 0 bridgehead atoms. The van der Waals surface area contributed by atoms with E-state index in [2.05, 4.69) is 15.1 Å². The molecule has 1 aromatic carbocycles. The van der Waals surface area contributed by atoms with Crippen molar-refractivity contribution in [1.82, 2.24) is 20.0 Å². The zero-order valence-corrected chi connectivity index (χ0v) is 16.3. The quantitative estimate of drug-likeness (QED) is 0.636. The summed E-state index contributed by atoms with van der Waals surface area (Å²) in [5, 5.41) is 3.76. The van der Waals surface area contributed by atoms with Gasteiger partial charge < -0.3 is 9.42 Å². The molecule has 4 rings (SSSR count). The van der Waals surface area contributed by atoms with Crippen LogP contribution in [0.25, 0.3) is 0 Å². The van der Waals surface area contributed by atoms with Crippen molar-refractivity contribution in [2.75, 3.05) is 6.54 Å². The fourth-order valence-corrected chi connectivity index (χ4v) is 3.75. The lowest BCUT2D eigenvalue weighted by Gasteiger charge is -2.24. The average Bonchev–Trinajstić information content (AvgIpc) is 3.38. The van der Waals surface area contributed by atoms with E-state index in [4.69, 9.17) is 4.52 Å². The Hall–Kier alpha value is -3.09. The number of likely N-dealkylation sites (tertiary alicyclic amines) is 1. The summed E-state index contributed by atoms with van der Waals surface area (Å²) in [6, 6.07) is 10.5. The normalized spacial score (nSPS) is 16.3. The second kappa shape index (κ2) is 8.51. The van der Waals surface area contributed by atoms with Gasteiger partial charge in [0.1, 0.15) is 5.82 Å².